The predicted molar refractivity (Wildman–Crippen MR) is 70.1 cm³/mol. The number of aryl methyl sites for hydroxylation is 1. The van der Waals surface area contributed by atoms with Crippen molar-refractivity contribution in [2.75, 3.05) is 18.4 Å². The van der Waals surface area contributed by atoms with Crippen molar-refractivity contribution in [3.8, 4) is 0 Å². The van der Waals surface area contributed by atoms with Crippen LogP contribution in [0.25, 0.3) is 0 Å². The Morgan fingerprint density at radius 1 is 1.29 bits per heavy atom. The molecular weight excluding hydrogens is 212 g/mol. The van der Waals surface area contributed by atoms with Gasteiger partial charge in [0.2, 0.25) is 0 Å². The first kappa shape index (κ1) is 11.7. The predicted octanol–water partition coefficient (Wildman–Crippen LogP) is 1.61. The second-order valence-electron chi connectivity index (χ2n) is 4.03. The summed E-state index contributed by atoms with van der Waals surface area (Å²) in [7, 11) is 0. The lowest BCUT2D eigenvalue weighted by Gasteiger charge is -2.10. The summed E-state index contributed by atoms with van der Waals surface area (Å²) >= 11 is 0. The standard InChI is InChI=1S/C13H18N4/c1-11-9-16-17(13(11)15-8-7-14)10-12-5-3-2-4-6-12/h2-6,9,15H,7-8,10,14H2,1H3. The van der Waals surface area contributed by atoms with Crippen LogP contribution >= 0.6 is 0 Å². The third-order valence-corrected chi connectivity index (χ3v) is 2.63. The lowest BCUT2D eigenvalue weighted by molar-refractivity contribution is 0.690. The van der Waals surface area contributed by atoms with Crippen LogP contribution in [-0.4, -0.2) is 22.9 Å². The molecule has 4 heteroatoms. The van der Waals surface area contributed by atoms with Gasteiger partial charge in [-0.15, -0.1) is 0 Å². The summed E-state index contributed by atoms with van der Waals surface area (Å²) in [6.07, 6.45) is 1.88. The molecule has 1 aromatic heterocycles. The first-order valence-corrected chi connectivity index (χ1v) is 5.81. The van der Waals surface area contributed by atoms with Crippen LogP contribution in [0.5, 0.6) is 0 Å². The fourth-order valence-corrected chi connectivity index (χ4v) is 1.78. The lowest BCUT2D eigenvalue weighted by Crippen LogP contribution is -2.17. The Hall–Kier alpha value is -1.81. The summed E-state index contributed by atoms with van der Waals surface area (Å²) in [5.74, 6) is 1.05. The molecule has 0 saturated carbocycles. The maximum Gasteiger partial charge on any atom is 0.127 e. The normalized spacial score (nSPS) is 10.5. The first-order valence-electron chi connectivity index (χ1n) is 5.81. The highest BCUT2D eigenvalue weighted by Crippen LogP contribution is 2.15. The van der Waals surface area contributed by atoms with E-state index in [0.29, 0.717) is 6.54 Å². The molecule has 1 heterocycles. The molecule has 0 atom stereocenters. The third-order valence-electron chi connectivity index (χ3n) is 2.63. The first-order chi connectivity index (χ1) is 8.31. The Kier molecular flexibility index (Phi) is 3.77. The number of hydrogen-bond donors (Lipinski definition) is 2. The smallest absolute Gasteiger partial charge is 0.127 e. The van der Waals surface area contributed by atoms with Gasteiger partial charge in [0.1, 0.15) is 5.82 Å². The number of anilines is 1. The number of nitrogens with one attached hydrogen (secondary N) is 1. The lowest BCUT2D eigenvalue weighted by atomic mass is 10.2. The number of benzene rings is 1. The molecule has 1 aromatic carbocycles. The van der Waals surface area contributed by atoms with Gasteiger partial charge in [0.15, 0.2) is 0 Å². The molecule has 0 aliphatic heterocycles. The Labute approximate surface area is 101 Å². The molecular formula is C13H18N4. The van der Waals surface area contributed by atoms with E-state index in [1.54, 1.807) is 0 Å². The van der Waals surface area contributed by atoms with Crippen molar-refractivity contribution in [2.45, 2.75) is 13.5 Å². The summed E-state index contributed by atoms with van der Waals surface area (Å²) in [5.41, 5.74) is 7.90. The zero-order valence-electron chi connectivity index (χ0n) is 10.1. The van der Waals surface area contributed by atoms with Crippen molar-refractivity contribution in [1.82, 2.24) is 9.78 Å². The van der Waals surface area contributed by atoms with Crippen LogP contribution < -0.4 is 11.1 Å². The van der Waals surface area contributed by atoms with E-state index in [1.165, 1.54) is 5.56 Å². The molecule has 4 nitrogen and oxygen atoms in total. The van der Waals surface area contributed by atoms with E-state index in [9.17, 15) is 0 Å². The molecule has 17 heavy (non-hydrogen) atoms. The second-order valence-corrected chi connectivity index (χ2v) is 4.03. The highest BCUT2D eigenvalue weighted by atomic mass is 15.3. The molecule has 0 amide bonds. The van der Waals surface area contributed by atoms with E-state index < -0.39 is 0 Å². The molecule has 0 spiro atoms. The highest BCUT2D eigenvalue weighted by molar-refractivity contribution is 5.43. The van der Waals surface area contributed by atoms with Crippen molar-refractivity contribution >= 4 is 5.82 Å². The van der Waals surface area contributed by atoms with Crippen LogP contribution in [0.4, 0.5) is 5.82 Å². The molecule has 0 bridgehead atoms. The Morgan fingerprint density at radius 2 is 2.06 bits per heavy atom. The topological polar surface area (TPSA) is 55.9 Å². The fraction of sp³-hybridized carbons (Fsp3) is 0.308. The van der Waals surface area contributed by atoms with Crippen molar-refractivity contribution in [3.05, 3.63) is 47.7 Å². The van der Waals surface area contributed by atoms with Crippen LogP contribution in [0, 0.1) is 6.92 Å². The maximum absolute atomic E-state index is 5.51. The van der Waals surface area contributed by atoms with E-state index in [0.717, 1.165) is 24.5 Å². The zero-order chi connectivity index (χ0) is 12.1. The fourth-order valence-electron chi connectivity index (χ4n) is 1.78. The molecule has 90 valence electrons. The molecule has 0 aliphatic rings. The summed E-state index contributed by atoms with van der Waals surface area (Å²) < 4.78 is 1.97. The molecule has 0 aliphatic carbocycles. The molecule has 0 fully saturated rings. The van der Waals surface area contributed by atoms with E-state index in [1.807, 2.05) is 36.0 Å². The van der Waals surface area contributed by atoms with E-state index in [4.69, 9.17) is 5.73 Å². The monoisotopic (exact) mass is 230 g/mol. The van der Waals surface area contributed by atoms with Gasteiger partial charge < -0.3 is 11.1 Å². The molecule has 2 rings (SSSR count). The van der Waals surface area contributed by atoms with Gasteiger partial charge in [0.25, 0.3) is 0 Å². The molecule has 0 saturated heterocycles. The largest absolute Gasteiger partial charge is 0.369 e. The van der Waals surface area contributed by atoms with Crippen molar-refractivity contribution in [3.63, 3.8) is 0 Å². The van der Waals surface area contributed by atoms with Gasteiger partial charge in [-0.25, -0.2) is 4.68 Å². The van der Waals surface area contributed by atoms with Crippen LogP contribution in [0.1, 0.15) is 11.1 Å². The minimum absolute atomic E-state index is 0.621. The van der Waals surface area contributed by atoms with E-state index >= 15 is 0 Å². The maximum atomic E-state index is 5.51. The Bertz CT molecular complexity index is 462. The number of nitrogens with zero attached hydrogens (tertiary/aromatic N) is 2. The Balaban J connectivity index is 2.15. The quantitative estimate of drug-likeness (QED) is 0.820. The summed E-state index contributed by atoms with van der Waals surface area (Å²) in [5, 5.41) is 7.68. The summed E-state index contributed by atoms with van der Waals surface area (Å²) in [4.78, 5) is 0. The second kappa shape index (κ2) is 5.50. The summed E-state index contributed by atoms with van der Waals surface area (Å²) in [6.45, 7) is 4.21. The van der Waals surface area contributed by atoms with Crippen molar-refractivity contribution in [2.24, 2.45) is 5.73 Å². The molecule has 2 aromatic rings. The van der Waals surface area contributed by atoms with Crippen LogP contribution in [-0.2, 0) is 6.54 Å². The van der Waals surface area contributed by atoms with Gasteiger partial charge >= 0.3 is 0 Å². The van der Waals surface area contributed by atoms with Gasteiger partial charge in [-0.1, -0.05) is 30.3 Å². The highest BCUT2D eigenvalue weighted by Gasteiger charge is 2.06. The van der Waals surface area contributed by atoms with E-state index in [2.05, 4.69) is 22.5 Å². The van der Waals surface area contributed by atoms with Crippen molar-refractivity contribution < 1.29 is 0 Å². The SMILES string of the molecule is Cc1cnn(Cc2ccccc2)c1NCCN. The molecule has 3 N–H and O–H groups in total. The summed E-state index contributed by atoms with van der Waals surface area (Å²) in [6, 6.07) is 10.3. The number of aromatic nitrogens is 2. The minimum atomic E-state index is 0.621. The molecule has 0 radical (unpaired) electrons. The van der Waals surface area contributed by atoms with Crippen LogP contribution in [0.2, 0.25) is 0 Å². The van der Waals surface area contributed by atoms with Crippen molar-refractivity contribution in [1.29, 1.82) is 0 Å². The zero-order valence-corrected chi connectivity index (χ0v) is 10.1. The number of hydrogen-bond acceptors (Lipinski definition) is 3. The number of rotatable bonds is 5. The van der Waals surface area contributed by atoms with Gasteiger partial charge in [0, 0.05) is 18.7 Å². The van der Waals surface area contributed by atoms with Gasteiger partial charge in [-0.3, -0.25) is 0 Å². The third kappa shape index (κ3) is 2.85. The van der Waals surface area contributed by atoms with Gasteiger partial charge in [-0.05, 0) is 12.5 Å². The average Bonchev–Trinajstić information content (AvgIpc) is 2.69. The minimum Gasteiger partial charge on any atom is -0.369 e. The average molecular weight is 230 g/mol. The Morgan fingerprint density at radius 3 is 2.76 bits per heavy atom. The molecule has 0 unspecified atom stereocenters. The van der Waals surface area contributed by atoms with Crippen LogP contribution in [0.15, 0.2) is 36.5 Å². The van der Waals surface area contributed by atoms with Gasteiger partial charge in [-0.2, -0.15) is 5.10 Å². The van der Waals surface area contributed by atoms with E-state index in [-0.39, 0.29) is 0 Å². The van der Waals surface area contributed by atoms with Crippen LogP contribution in [0.3, 0.4) is 0 Å². The van der Waals surface area contributed by atoms with Gasteiger partial charge in [0.05, 0.1) is 12.7 Å². The number of nitrogens with two attached hydrogens (primary N) is 1.